The Balaban J connectivity index is 1.41. The van der Waals surface area contributed by atoms with E-state index in [1.807, 2.05) is 0 Å². The molecule has 10 nitrogen and oxygen atoms in total. The number of alkyl halides is 3. The number of carbonyl (C=O) groups excluding carboxylic acids is 1. The van der Waals surface area contributed by atoms with Gasteiger partial charge in [-0.1, -0.05) is 0 Å². The molecular weight excluding hydrogens is 614 g/mol. The number of quaternary nitrogens is 1. The molecule has 0 atom stereocenters. The fourth-order valence-corrected chi connectivity index (χ4v) is 4.43. The number of hydrogen-bond acceptors (Lipinski definition) is 8. The number of nitrogens with one attached hydrogen (secondary N) is 1. The van der Waals surface area contributed by atoms with E-state index in [1.165, 1.54) is 24.7 Å². The van der Waals surface area contributed by atoms with Gasteiger partial charge in [0.05, 0.1) is 55.2 Å². The van der Waals surface area contributed by atoms with E-state index in [-0.39, 0.29) is 35.3 Å². The lowest BCUT2D eigenvalue weighted by Crippen LogP contribution is -2.41. The molecule has 41 heavy (non-hydrogen) atoms. The van der Waals surface area contributed by atoms with E-state index in [2.05, 4.69) is 41.2 Å². The summed E-state index contributed by atoms with van der Waals surface area (Å²) in [7, 11) is 3.36. The standard InChI is InChI=1S/C26H23BrF4N7O3/c1-38(2,13-15-8-23(26(29,30)31)36-25(15)37(40)41)7-3-4-18(39)9-17-10-19-22(12-32-17)33-14-34-24(19)35-16-5-6-20(27)21(28)11-16/h3-6,10-12,14H,7-9,13H2,1-2H3,(H,33,34,35)/q+1/b4-3+. The molecule has 15 heteroatoms. The molecule has 0 fully saturated rings. The number of anilines is 2. The number of aliphatic imine (C=N–C) groups is 1. The van der Waals surface area contributed by atoms with Crippen molar-refractivity contribution in [1.29, 1.82) is 0 Å². The van der Waals surface area contributed by atoms with Gasteiger partial charge in [0.2, 0.25) is 5.71 Å². The van der Waals surface area contributed by atoms with E-state index in [4.69, 9.17) is 0 Å². The second-order valence-electron chi connectivity index (χ2n) is 9.91. The minimum absolute atomic E-state index is 0.0232. The molecule has 3 aromatic rings. The van der Waals surface area contributed by atoms with Crippen LogP contribution in [-0.2, 0) is 11.2 Å². The molecule has 3 heterocycles. The maximum atomic E-state index is 13.9. The van der Waals surface area contributed by atoms with Crippen molar-refractivity contribution < 1.29 is 31.8 Å². The van der Waals surface area contributed by atoms with Crippen LogP contribution in [0.2, 0.25) is 0 Å². The summed E-state index contributed by atoms with van der Waals surface area (Å²) in [6, 6.07) is 6.18. The summed E-state index contributed by atoms with van der Waals surface area (Å²) in [4.78, 5) is 38.9. The summed E-state index contributed by atoms with van der Waals surface area (Å²) in [5, 5.41) is 14.9. The van der Waals surface area contributed by atoms with Gasteiger partial charge in [-0.2, -0.15) is 13.2 Å². The Kier molecular flexibility index (Phi) is 8.58. The largest absolute Gasteiger partial charge is 0.454 e. The van der Waals surface area contributed by atoms with Crippen molar-refractivity contribution >= 4 is 49.8 Å². The number of likely N-dealkylation sites (N-methyl/N-ethyl adjacent to an activating group) is 1. The molecule has 0 aliphatic carbocycles. The highest BCUT2D eigenvalue weighted by Gasteiger charge is 2.47. The van der Waals surface area contributed by atoms with Crippen molar-refractivity contribution in [2.75, 3.05) is 32.5 Å². The van der Waals surface area contributed by atoms with Gasteiger partial charge in [-0.15, -0.1) is 0 Å². The first kappa shape index (κ1) is 29.9. The molecule has 1 aliphatic rings. The SMILES string of the molecule is C[N+](C)(C/C=C/C(=O)Cc1cc2c(Nc3ccc(Br)c(F)c3)ncnc2cn1)CC1=C([N+](=O)[O-])N=C(C(F)(F)F)C1. The van der Waals surface area contributed by atoms with Crippen LogP contribution < -0.4 is 5.32 Å². The topological polar surface area (TPSA) is 123 Å². The van der Waals surface area contributed by atoms with Gasteiger partial charge in [0.25, 0.3) is 0 Å². The van der Waals surface area contributed by atoms with Crippen LogP contribution in [0.3, 0.4) is 0 Å². The number of halogens is 5. The van der Waals surface area contributed by atoms with Crippen LogP contribution in [0.4, 0.5) is 29.1 Å². The van der Waals surface area contributed by atoms with Crippen LogP contribution >= 0.6 is 15.9 Å². The van der Waals surface area contributed by atoms with Crippen LogP contribution in [0.5, 0.6) is 0 Å². The Morgan fingerprint density at radius 3 is 2.66 bits per heavy atom. The summed E-state index contributed by atoms with van der Waals surface area (Å²) < 4.78 is 53.4. The highest BCUT2D eigenvalue weighted by molar-refractivity contribution is 9.10. The molecule has 0 amide bonds. The number of pyridine rings is 1. The van der Waals surface area contributed by atoms with Gasteiger partial charge in [-0.05, 0) is 62.3 Å². The molecule has 2 aromatic heterocycles. The number of rotatable bonds is 10. The third-order valence-electron chi connectivity index (χ3n) is 6.08. The van der Waals surface area contributed by atoms with Crippen molar-refractivity contribution in [3.05, 3.63) is 86.4 Å². The highest BCUT2D eigenvalue weighted by Crippen LogP contribution is 2.31. The molecule has 0 radical (unpaired) electrons. The summed E-state index contributed by atoms with van der Waals surface area (Å²) >= 11 is 3.11. The quantitative estimate of drug-likeness (QED) is 0.105. The normalized spacial score (nSPS) is 14.2. The maximum Gasteiger partial charge on any atom is 0.454 e. The molecule has 0 saturated heterocycles. The predicted molar refractivity (Wildman–Crippen MR) is 147 cm³/mol. The van der Waals surface area contributed by atoms with Crippen LogP contribution in [0.25, 0.3) is 10.9 Å². The number of allylic oxidation sites excluding steroid dienone is 1. The fourth-order valence-electron chi connectivity index (χ4n) is 4.19. The van der Waals surface area contributed by atoms with Crippen molar-refractivity contribution in [3.8, 4) is 0 Å². The number of nitro groups is 1. The number of aromatic nitrogens is 3. The average molecular weight is 637 g/mol. The number of nitrogens with zero attached hydrogens (tertiary/aromatic N) is 6. The minimum atomic E-state index is -4.75. The summed E-state index contributed by atoms with van der Waals surface area (Å²) in [6.07, 6.45) is 0.289. The zero-order chi connectivity index (χ0) is 29.9. The third kappa shape index (κ3) is 7.55. The Bertz CT molecular complexity index is 1620. The smallest absolute Gasteiger partial charge is 0.358 e. The molecule has 1 aliphatic heterocycles. The molecule has 1 N–H and O–H groups in total. The van der Waals surface area contributed by atoms with Gasteiger partial charge < -0.3 is 19.9 Å². The molecular formula is C26H23BrF4N7O3+. The number of carbonyl (C=O) groups is 1. The first-order valence-corrected chi connectivity index (χ1v) is 12.9. The third-order valence-corrected chi connectivity index (χ3v) is 6.72. The first-order chi connectivity index (χ1) is 19.2. The zero-order valence-electron chi connectivity index (χ0n) is 21.7. The minimum Gasteiger partial charge on any atom is -0.358 e. The summed E-state index contributed by atoms with van der Waals surface area (Å²) in [5.74, 6) is -1.12. The second kappa shape index (κ2) is 11.8. The van der Waals surface area contributed by atoms with Crippen molar-refractivity contribution in [3.63, 3.8) is 0 Å². The van der Waals surface area contributed by atoms with Crippen molar-refractivity contribution in [1.82, 2.24) is 15.0 Å². The lowest BCUT2D eigenvalue weighted by atomic mass is 10.1. The lowest BCUT2D eigenvalue weighted by Gasteiger charge is -2.28. The van der Waals surface area contributed by atoms with Gasteiger partial charge >= 0.3 is 12.0 Å². The monoisotopic (exact) mass is 636 g/mol. The number of fused-ring (bicyclic) bond motifs is 1. The molecule has 0 unspecified atom stereocenters. The molecule has 214 valence electrons. The maximum absolute atomic E-state index is 13.9. The van der Waals surface area contributed by atoms with E-state index in [0.717, 1.165) is 0 Å². The Hall–Kier alpha value is -4.11. The second-order valence-corrected chi connectivity index (χ2v) is 10.8. The molecule has 4 rings (SSSR count). The molecule has 1 aromatic carbocycles. The highest BCUT2D eigenvalue weighted by atomic mass is 79.9. The van der Waals surface area contributed by atoms with Gasteiger partial charge in [0.15, 0.2) is 5.78 Å². The molecule has 0 saturated carbocycles. The Morgan fingerprint density at radius 2 is 1.98 bits per heavy atom. The number of benzene rings is 1. The van der Waals surface area contributed by atoms with E-state index in [9.17, 15) is 32.5 Å². The van der Waals surface area contributed by atoms with E-state index in [1.54, 1.807) is 38.4 Å². The van der Waals surface area contributed by atoms with E-state index < -0.39 is 34.9 Å². The number of ketones is 1. The average Bonchev–Trinajstić information content (AvgIpc) is 3.30. The van der Waals surface area contributed by atoms with Crippen molar-refractivity contribution in [2.24, 2.45) is 4.99 Å². The summed E-state index contributed by atoms with van der Waals surface area (Å²) in [6.45, 7) is 0.167. The van der Waals surface area contributed by atoms with Gasteiger partial charge in [-0.25, -0.2) is 14.4 Å². The van der Waals surface area contributed by atoms with Crippen LogP contribution in [-0.4, -0.2) is 69.2 Å². The Labute approximate surface area is 239 Å². The van der Waals surface area contributed by atoms with Gasteiger partial charge in [0.1, 0.15) is 24.5 Å². The molecule has 0 spiro atoms. The van der Waals surface area contributed by atoms with Gasteiger partial charge in [-0.3, -0.25) is 9.78 Å². The zero-order valence-corrected chi connectivity index (χ0v) is 23.3. The predicted octanol–water partition coefficient (Wildman–Crippen LogP) is 5.31. The van der Waals surface area contributed by atoms with Crippen LogP contribution in [0.1, 0.15) is 12.1 Å². The van der Waals surface area contributed by atoms with Gasteiger partial charge in [0, 0.05) is 16.8 Å². The van der Waals surface area contributed by atoms with E-state index in [0.29, 0.717) is 32.6 Å². The fraction of sp³-hybridized carbons (Fsp3) is 0.269. The number of hydrogen-bond donors (Lipinski definition) is 1. The van der Waals surface area contributed by atoms with Crippen molar-refractivity contribution in [2.45, 2.75) is 19.0 Å². The molecule has 0 bridgehead atoms. The van der Waals surface area contributed by atoms with E-state index >= 15 is 0 Å². The lowest BCUT2D eigenvalue weighted by molar-refractivity contribution is -0.880. The van der Waals surface area contributed by atoms with Crippen LogP contribution in [0, 0.1) is 15.9 Å². The first-order valence-electron chi connectivity index (χ1n) is 12.1. The van der Waals surface area contributed by atoms with Crippen LogP contribution in [0.15, 0.2) is 69.8 Å². The summed E-state index contributed by atoms with van der Waals surface area (Å²) in [5.41, 5.74) is 0.192. The Morgan fingerprint density at radius 1 is 1.22 bits per heavy atom.